The summed E-state index contributed by atoms with van der Waals surface area (Å²) in [6.45, 7) is 8.33. The number of carbonyl (C=O) groups excluding carboxylic acids is 1. The number of carbonyl (C=O) groups is 1. The fraction of sp³-hybridized carbons (Fsp3) is 0.259. The summed E-state index contributed by atoms with van der Waals surface area (Å²) in [4.78, 5) is 25.0. The number of benzene rings is 2. The molecule has 8 heteroatoms. The van der Waals surface area contributed by atoms with E-state index in [9.17, 15) is 14.3 Å². The minimum atomic E-state index is -1.14. The number of anilines is 1. The van der Waals surface area contributed by atoms with Gasteiger partial charge in [-0.25, -0.2) is 14.4 Å². The minimum absolute atomic E-state index is 0.135. The molecule has 4 aromatic rings. The second kappa shape index (κ2) is 9.32. The van der Waals surface area contributed by atoms with Crippen LogP contribution in [0.5, 0.6) is 0 Å². The first-order valence-corrected chi connectivity index (χ1v) is 11.6. The molecule has 0 aliphatic carbocycles. The second-order valence-electron chi connectivity index (χ2n) is 9.13. The number of rotatable bonds is 6. The molecule has 0 aliphatic heterocycles. The van der Waals surface area contributed by atoms with Crippen LogP contribution in [0.25, 0.3) is 22.0 Å². The van der Waals surface area contributed by atoms with E-state index in [-0.39, 0.29) is 5.78 Å². The number of ketones is 1. The summed E-state index contributed by atoms with van der Waals surface area (Å²) in [6.07, 6.45) is 3.31. The molecule has 4 rings (SSSR count). The Morgan fingerprint density at radius 3 is 2.43 bits per heavy atom. The van der Waals surface area contributed by atoms with Gasteiger partial charge >= 0.3 is 0 Å². The van der Waals surface area contributed by atoms with Crippen LogP contribution in [0.1, 0.15) is 61.2 Å². The lowest BCUT2D eigenvalue weighted by atomic mass is 10.0. The first-order valence-electron chi connectivity index (χ1n) is 11.2. The molecule has 2 N–H and O–H groups in total. The Morgan fingerprint density at radius 1 is 1.11 bits per heavy atom. The molecule has 6 nitrogen and oxygen atoms in total. The summed E-state index contributed by atoms with van der Waals surface area (Å²) in [5, 5.41) is 14.6. The minimum Gasteiger partial charge on any atom is -0.382 e. The van der Waals surface area contributed by atoms with Crippen LogP contribution in [0.3, 0.4) is 0 Å². The number of aliphatic hydroxyl groups is 1. The van der Waals surface area contributed by atoms with E-state index in [0.29, 0.717) is 33.4 Å². The molecule has 0 radical (unpaired) electrons. The van der Waals surface area contributed by atoms with Gasteiger partial charge in [0.2, 0.25) is 0 Å². The van der Waals surface area contributed by atoms with Crippen LogP contribution < -0.4 is 5.32 Å². The van der Waals surface area contributed by atoms with E-state index >= 15 is 0 Å². The monoisotopic (exact) mass is 492 g/mol. The largest absolute Gasteiger partial charge is 0.382 e. The fourth-order valence-electron chi connectivity index (χ4n) is 3.87. The molecule has 2 heterocycles. The average Bonchev–Trinajstić information content (AvgIpc) is 2.81. The van der Waals surface area contributed by atoms with Crippen molar-refractivity contribution in [1.29, 1.82) is 0 Å². The summed E-state index contributed by atoms with van der Waals surface area (Å²) < 4.78 is 14.7. The third-order valence-electron chi connectivity index (χ3n) is 5.85. The number of Topliss-reactive ketones (excluding diaryl/α,β-unsaturated/α-hetero) is 1. The van der Waals surface area contributed by atoms with Crippen LogP contribution in [-0.4, -0.2) is 25.8 Å². The molecule has 180 valence electrons. The van der Waals surface area contributed by atoms with Crippen LogP contribution >= 0.6 is 11.6 Å². The zero-order valence-electron chi connectivity index (χ0n) is 20.1. The maximum atomic E-state index is 14.7. The van der Waals surface area contributed by atoms with Gasteiger partial charge in [0.25, 0.3) is 0 Å². The molecule has 0 saturated heterocycles. The number of hydrogen-bond acceptors (Lipinski definition) is 6. The quantitative estimate of drug-likeness (QED) is 0.303. The number of fused-ring (bicyclic) bond motifs is 1. The summed E-state index contributed by atoms with van der Waals surface area (Å²) in [6, 6.07) is 9.58. The van der Waals surface area contributed by atoms with Crippen molar-refractivity contribution in [2.75, 3.05) is 5.32 Å². The predicted octanol–water partition coefficient (Wildman–Crippen LogP) is 6.40. The molecule has 0 fully saturated rings. The van der Waals surface area contributed by atoms with Gasteiger partial charge in [0, 0.05) is 34.5 Å². The molecular weight excluding hydrogens is 467 g/mol. The van der Waals surface area contributed by atoms with Crippen LogP contribution in [0, 0.1) is 12.7 Å². The molecule has 35 heavy (non-hydrogen) atoms. The lowest BCUT2D eigenvalue weighted by molar-refractivity contribution is 0.0687. The number of aromatic nitrogens is 3. The van der Waals surface area contributed by atoms with Crippen molar-refractivity contribution in [1.82, 2.24) is 15.0 Å². The number of hydrogen-bond donors (Lipinski definition) is 2. The van der Waals surface area contributed by atoms with E-state index in [1.807, 2.05) is 32.0 Å². The number of aryl methyl sites for hydroxylation is 1. The summed E-state index contributed by atoms with van der Waals surface area (Å²) in [5.41, 5.74) is 3.23. The van der Waals surface area contributed by atoms with E-state index in [2.05, 4.69) is 20.3 Å². The SMILES string of the molecule is CC(=O)c1ccc(F)c(C(C)Nc2c(Cl)c(C)nc3ccc(-c4cnc(C(C)(C)O)nc4)cc23)c1. The van der Waals surface area contributed by atoms with Crippen LogP contribution in [0.4, 0.5) is 10.1 Å². The Morgan fingerprint density at radius 2 is 1.80 bits per heavy atom. The van der Waals surface area contributed by atoms with Crippen LogP contribution in [0.2, 0.25) is 5.02 Å². The van der Waals surface area contributed by atoms with Crippen molar-refractivity contribution < 1.29 is 14.3 Å². The average molecular weight is 493 g/mol. The van der Waals surface area contributed by atoms with E-state index in [0.717, 1.165) is 22.0 Å². The van der Waals surface area contributed by atoms with Crippen molar-refractivity contribution >= 4 is 34.0 Å². The maximum Gasteiger partial charge on any atom is 0.159 e. The Balaban J connectivity index is 1.78. The second-order valence-corrected chi connectivity index (χ2v) is 9.51. The van der Waals surface area contributed by atoms with E-state index in [4.69, 9.17) is 11.6 Å². The summed E-state index contributed by atoms with van der Waals surface area (Å²) in [7, 11) is 0. The molecular formula is C27H26ClFN4O2. The molecule has 1 atom stereocenters. The molecule has 0 saturated carbocycles. The number of nitrogens with zero attached hydrogens (tertiary/aromatic N) is 3. The van der Waals surface area contributed by atoms with Gasteiger partial charge in [-0.15, -0.1) is 0 Å². The normalized spacial score (nSPS) is 12.6. The topological polar surface area (TPSA) is 88.0 Å². The van der Waals surface area contributed by atoms with Gasteiger partial charge in [-0.05, 0) is 70.5 Å². The molecule has 0 spiro atoms. The Labute approximate surface area is 208 Å². The Bertz CT molecular complexity index is 1430. The zero-order valence-corrected chi connectivity index (χ0v) is 20.9. The van der Waals surface area contributed by atoms with Gasteiger partial charge in [-0.1, -0.05) is 17.7 Å². The third kappa shape index (κ3) is 5.01. The zero-order chi connectivity index (χ0) is 25.5. The molecule has 0 aliphatic rings. The van der Waals surface area contributed by atoms with E-state index in [1.54, 1.807) is 32.3 Å². The highest BCUT2D eigenvalue weighted by Gasteiger charge is 2.20. The fourth-order valence-corrected chi connectivity index (χ4v) is 4.06. The van der Waals surface area contributed by atoms with Gasteiger partial charge in [0.05, 0.1) is 28.0 Å². The Hall–Kier alpha value is -3.42. The van der Waals surface area contributed by atoms with Crippen LogP contribution in [-0.2, 0) is 5.60 Å². The first kappa shape index (κ1) is 24.7. The maximum absolute atomic E-state index is 14.7. The van der Waals surface area contributed by atoms with Gasteiger partial charge in [-0.2, -0.15) is 0 Å². The highest BCUT2D eigenvalue weighted by molar-refractivity contribution is 6.35. The third-order valence-corrected chi connectivity index (χ3v) is 6.32. The molecule has 1 unspecified atom stereocenters. The van der Waals surface area contributed by atoms with Crippen molar-refractivity contribution in [2.45, 2.75) is 46.3 Å². The van der Waals surface area contributed by atoms with Crippen molar-refractivity contribution in [3.63, 3.8) is 0 Å². The summed E-state index contributed by atoms with van der Waals surface area (Å²) >= 11 is 6.67. The first-order chi connectivity index (χ1) is 16.5. The van der Waals surface area contributed by atoms with Gasteiger partial charge in [0.15, 0.2) is 11.6 Å². The van der Waals surface area contributed by atoms with Crippen molar-refractivity contribution in [3.05, 3.63) is 82.3 Å². The van der Waals surface area contributed by atoms with Gasteiger partial charge < -0.3 is 10.4 Å². The smallest absolute Gasteiger partial charge is 0.159 e. The molecule has 0 amide bonds. The molecule has 2 aromatic heterocycles. The molecule has 0 bridgehead atoms. The van der Waals surface area contributed by atoms with Crippen molar-refractivity contribution in [3.8, 4) is 11.1 Å². The van der Waals surface area contributed by atoms with Crippen molar-refractivity contribution in [2.24, 2.45) is 0 Å². The van der Waals surface area contributed by atoms with E-state index in [1.165, 1.54) is 19.1 Å². The Kier molecular flexibility index (Phi) is 6.58. The van der Waals surface area contributed by atoms with Gasteiger partial charge in [-0.3, -0.25) is 9.78 Å². The number of halogens is 2. The highest BCUT2D eigenvalue weighted by atomic mass is 35.5. The van der Waals surface area contributed by atoms with E-state index < -0.39 is 17.5 Å². The number of nitrogens with one attached hydrogen (secondary N) is 1. The van der Waals surface area contributed by atoms with Crippen LogP contribution in [0.15, 0.2) is 48.8 Å². The number of pyridine rings is 1. The highest BCUT2D eigenvalue weighted by Crippen LogP contribution is 2.37. The summed E-state index contributed by atoms with van der Waals surface area (Å²) in [5.74, 6) is -0.219. The predicted molar refractivity (Wildman–Crippen MR) is 136 cm³/mol. The lowest BCUT2D eigenvalue weighted by Gasteiger charge is -2.21. The standard InChI is InChI=1S/C27H26ClFN4O2/c1-14(20-10-17(16(3)34)6-8-22(20)29)33-25-21-11-18(7-9-23(21)32-15(2)24(25)28)19-12-30-26(31-13-19)27(4,5)35/h6-14,35H,1-5H3,(H,32,33). The molecule has 2 aromatic carbocycles. The lowest BCUT2D eigenvalue weighted by Crippen LogP contribution is -2.19. The van der Waals surface area contributed by atoms with Gasteiger partial charge in [0.1, 0.15) is 11.4 Å².